The molecule has 4 rings (SSSR count). The van der Waals surface area contributed by atoms with Crippen molar-refractivity contribution in [2.45, 2.75) is 50.8 Å². The van der Waals surface area contributed by atoms with Gasteiger partial charge in [0.05, 0.1) is 19.5 Å². The molecule has 5 N–H and O–H groups in total. The number of anilines is 1. The van der Waals surface area contributed by atoms with Crippen LogP contribution in [0.15, 0.2) is 36.9 Å². The van der Waals surface area contributed by atoms with E-state index in [9.17, 15) is 14.8 Å². The minimum absolute atomic E-state index is 0.343. The van der Waals surface area contributed by atoms with Crippen LogP contribution >= 0.6 is 7.82 Å². The SMILES string of the molecule is CCCCOc1ccc(CNc2ncnc3c2ncn3[C@@H]2O[C@H](COP(=O)(O)O)[C@@H](O)[C@H]2O)cc1. The summed E-state index contributed by atoms with van der Waals surface area (Å²) in [5.74, 6) is 1.28. The van der Waals surface area contributed by atoms with E-state index in [-0.39, 0.29) is 0 Å². The number of hydrogen-bond acceptors (Lipinski definition) is 10. The molecule has 2 aromatic heterocycles. The van der Waals surface area contributed by atoms with Gasteiger partial charge in [0.15, 0.2) is 23.2 Å². The summed E-state index contributed by atoms with van der Waals surface area (Å²) in [6.07, 6.45) is -0.289. The fourth-order valence-corrected chi connectivity index (χ4v) is 4.00. The molecule has 3 aromatic rings. The molecule has 0 spiro atoms. The Bertz CT molecular complexity index is 1170. The van der Waals surface area contributed by atoms with Gasteiger partial charge in [0.1, 0.15) is 30.4 Å². The lowest BCUT2D eigenvalue weighted by molar-refractivity contribution is -0.0504. The van der Waals surface area contributed by atoms with Gasteiger partial charge in [-0.3, -0.25) is 9.09 Å². The molecule has 3 heterocycles. The van der Waals surface area contributed by atoms with E-state index < -0.39 is 39.0 Å². The van der Waals surface area contributed by atoms with E-state index in [1.807, 2.05) is 24.3 Å². The number of nitrogens with zero attached hydrogens (tertiary/aromatic N) is 4. The third-order valence-electron chi connectivity index (χ3n) is 5.53. The van der Waals surface area contributed by atoms with Gasteiger partial charge in [0.2, 0.25) is 0 Å². The standard InChI is InChI=1S/C21H28N5O8P/c1-2-3-8-32-14-6-4-13(5-7-14)9-22-19-16-20(24-11-23-19)26(12-25-16)21-18(28)17(27)15(34-21)10-33-35(29,30)31/h4-7,11-12,15,17-18,21,27-28H,2-3,8-10H2,1H3,(H,22,23,24)(H2,29,30,31)/t15-,17-,18-,21-/m1/s1. The first-order valence-electron chi connectivity index (χ1n) is 11.1. The predicted octanol–water partition coefficient (Wildman–Crippen LogP) is 1.35. The summed E-state index contributed by atoms with van der Waals surface area (Å²) in [7, 11) is -4.76. The number of benzene rings is 1. The Morgan fingerprint density at radius 3 is 2.63 bits per heavy atom. The number of aromatic nitrogens is 4. The van der Waals surface area contributed by atoms with E-state index in [0.717, 1.165) is 24.2 Å². The summed E-state index contributed by atoms with van der Waals surface area (Å²) in [4.78, 5) is 30.6. The molecule has 1 saturated heterocycles. The first-order chi connectivity index (χ1) is 16.8. The number of aliphatic hydroxyl groups excluding tert-OH is 2. The molecule has 0 unspecified atom stereocenters. The van der Waals surface area contributed by atoms with E-state index in [1.54, 1.807) is 0 Å². The number of phosphoric ester groups is 1. The Balaban J connectivity index is 1.44. The van der Waals surface area contributed by atoms with Gasteiger partial charge in [0.25, 0.3) is 0 Å². The third-order valence-corrected chi connectivity index (χ3v) is 6.01. The average Bonchev–Trinajstić information content (AvgIpc) is 3.38. The Labute approximate surface area is 201 Å². The Morgan fingerprint density at radius 1 is 1.14 bits per heavy atom. The Hall–Kier alpha value is -2.64. The summed E-state index contributed by atoms with van der Waals surface area (Å²) in [5.41, 5.74) is 1.77. The highest BCUT2D eigenvalue weighted by molar-refractivity contribution is 7.46. The normalized spacial score (nSPS) is 22.5. The maximum atomic E-state index is 11.0. The second-order valence-electron chi connectivity index (χ2n) is 8.08. The van der Waals surface area contributed by atoms with Crippen LogP contribution in [-0.2, 0) is 20.4 Å². The molecule has 1 aliphatic rings. The van der Waals surface area contributed by atoms with Crippen molar-refractivity contribution in [3.8, 4) is 5.75 Å². The number of imidazole rings is 1. The van der Waals surface area contributed by atoms with Crippen LogP contribution in [0.1, 0.15) is 31.6 Å². The lowest BCUT2D eigenvalue weighted by atomic mass is 10.1. The summed E-state index contributed by atoms with van der Waals surface area (Å²) < 4.78 is 28.1. The zero-order valence-electron chi connectivity index (χ0n) is 19.0. The molecular formula is C21H28N5O8P. The largest absolute Gasteiger partial charge is 0.494 e. The molecule has 1 aromatic carbocycles. The second kappa shape index (κ2) is 11.0. The van der Waals surface area contributed by atoms with Crippen molar-refractivity contribution in [3.05, 3.63) is 42.5 Å². The summed E-state index contributed by atoms with van der Waals surface area (Å²) in [5, 5.41) is 23.9. The molecular weight excluding hydrogens is 481 g/mol. The number of fused-ring (bicyclic) bond motifs is 1. The Kier molecular flexibility index (Phi) is 7.97. The Morgan fingerprint density at radius 2 is 1.91 bits per heavy atom. The number of ether oxygens (including phenoxy) is 2. The molecule has 14 heteroatoms. The van der Waals surface area contributed by atoms with Crippen molar-refractivity contribution < 1.29 is 38.6 Å². The van der Waals surface area contributed by atoms with Gasteiger partial charge < -0.3 is 34.8 Å². The molecule has 0 bridgehead atoms. The molecule has 35 heavy (non-hydrogen) atoms. The highest BCUT2D eigenvalue weighted by Crippen LogP contribution is 2.39. The van der Waals surface area contributed by atoms with E-state index in [0.29, 0.717) is 30.1 Å². The van der Waals surface area contributed by atoms with Crippen molar-refractivity contribution in [3.63, 3.8) is 0 Å². The first kappa shape index (κ1) is 25.5. The van der Waals surface area contributed by atoms with Crippen LogP contribution in [0, 0.1) is 0 Å². The maximum Gasteiger partial charge on any atom is 0.469 e. The summed E-state index contributed by atoms with van der Waals surface area (Å²) in [6, 6.07) is 7.73. The van der Waals surface area contributed by atoms with Crippen molar-refractivity contribution in [2.24, 2.45) is 0 Å². The lowest BCUT2D eigenvalue weighted by Gasteiger charge is -2.16. The number of hydrogen-bond donors (Lipinski definition) is 5. The summed E-state index contributed by atoms with van der Waals surface area (Å²) >= 11 is 0. The van der Waals surface area contributed by atoms with E-state index >= 15 is 0 Å². The molecule has 0 amide bonds. The van der Waals surface area contributed by atoms with Gasteiger partial charge in [-0.15, -0.1) is 0 Å². The van der Waals surface area contributed by atoms with Gasteiger partial charge in [-0.25, -0.2) is 19.5 Å². The highest BCUT2D eigenvalue weighted by Gasteiger charge is 2.45. The number of nitrogens with one attached hydrogen (secondary N) is 1. The highest BCUT2D eigenvalue weighted by atomic mass is 31.2. The number of aliphatic hydroxyl groups is 2. The zero-order chi connectivity index (χ0) is 25.0. The van der Waals surface area contributed by atoms with Crippen LogP contribution in [0.2, 0.25) is 0 Å². The van der Waals surface area contributed by atoms with Gasteiger partial charge in [-0.05, 0) is 24.1 Å². The van der Waals surface area contributed by atoms with Crippen molar-refractivity contribution in [1.82, 2.24) is 19.5 Å². The van der Waals surface area contributed by atoms with Crippen molar-refractivity contribution >= 4 is 24.8 Å². The fourth-order valence-electron chi connectivity index (χ4n) is 3.66. The molecule has 13 nitrogen and oxygen atoms in total. The van der Waals surface area contributed by atoms with E-state index in [1.165, 1.54) is 17.2 Å². The number of phosphoric acid groups is 1. The first-order valence-corrected chi connectivity index (χ1v) is 12.6. The van der Waals surface area contributed by atoms with Crippen molar-refractivity contribution in [2.75, 3.05) is 18.5 Å². The zero-order valence-corrected chi connectivity index (χ0v) is 19.9. The molecule has 0 saturated carbocycles. The smallest absolute Gasteiger partial charge is 0.469 e. The van der Waals surface area contributed by atoms with Gasteiger partial charge in [0, 0.05) is 6.54 Å². The second-order valence-corrected chi connectivity index (χ2v) is 9.32. The van der Waals surface area contributed by atoms with Crippen LogP contribution < -0.4 is 10.1 Å². The monoisotopic (exact) mass is 509 g/mol. The lowest BCUT2D eigenvalue weighted by Crippen LogP contribution is -2.33. The van der Waals surface area contributed by atoms with E-state index in [2.05, 4.69) is 31.7 Å². The van der Waals surface area contributed by atoms with Crippen LogP contribution in [0.3, 0.4) is 0 Å². The molecule has 1 fully saturated rings. The van der Waals surface area contributed by atoms with Crippen LogP contribution in [-0.4, -0.2) is 71.0 Å². The molecule has 4 atom stereocenters. The summed E-state index contributed by atoms with van der Waals surface area (Å²) in [6.45, 7) is 2.66. The fraction of sp³-hybridized carbons (Fsp3) is 0.476. The van der Waals surface area contributed by atoms with Crippen LogP contribution in [0.25, 0.3) is 11.2 Å². The predicted molar refractivity (Wildman–Crippen MR) is 123 cm³/mol. The van der Waals surface area contributed by atoms with Gasteiger partial charge in [-0.1, -0.05) is 25.5 Å². The van der Waals surface area contributed by atoms with Gasteiger partial charge in [-0.2, -0.15) is 0 Å². The minimum atomic E-state index is -4.76. The molecule has 1 aliphatic heterocycles. The topological polar surface area (TPSA) is 181 Å². The van der Waals surface area contributed by atoms with Crippen LogP contribution in [0.5, 0.6) is 5.75 Å². The quantitative estimate of drug-likeness (QED) is 0.185. The third kappa shape index (κ3) is 6.14. The van der Waals surface area contributed by atoms with Crippen LogP contribution in [0.4, 0.5) is 5.82 Å². The maximum absolute atomic E-state index is 11.0. The molecule has 0 radical (unpaired) electrons. The average molecular weight is 509 g/mol. The number of rotatable bonds is 11. The minimum Gasteiger partial charge on any atom is -0.494 e. The van der Waals surface area contributed by atoms with E-state index in [4.69, 9.17) is 19.3 Å². The molecule has 0 aliphatic carbocycles. The van der Waals surface area contributed by atoms with Crippen molar-refractivity contribution in [1.29, 1.82) is 0 Å². The van der Waals surface area contributed by atoms with Gasteiger partial charge >= 0.3 is 7.82 Å². The molecule has 190 valence electrons. The number of unbranched alkanes of at least 4 members (excludes halogenated alkanes) is 1.